The van der Waals surface area contributed by atoms with Crippen LogP contribution in [0.4, 0.5) is 0 Å². The van der Waals surface area contributed by atoms with Gasteiger partial charge < -0.3 is 0 Å². The number of carbonyl (C=O) groups excluding carboxylic acids is 4. The van der Waals surface area contributed by atoms with E-state index in [9.17, 15) is 19.2 Å². The molecule has 7 aromatic carbocycles. The summed E-state index contributed by atoms with van der Waals surface area (Å²) in [5.41, 5.74) is 3.32. The van der Waals surface area contributed by atoms with Crippen molar-refractivity contribution in [2.45, 2.75) is 0 Å². The number of hydrogen-bond acceptors (Lipinski definition) is 8. The van der Waals surface area contributed by atoms with Crippen molar-refractivity contribution in [2.75, 3.05) is 0 Å². The minimum Gasteiger partial charge on any atom is -0.288 e. The SMILES string of the molecule is Cn1nc2c3cc(C=C4C(=O)c5cc6cc7ccccc7cc6cc5C4=O)sc3c3sc(C=C4C(=O)c5cc6cc7ccccc7cc6cc5C4=O)cc3c2n1. The number of thiophene rings is 2. The first-order valence-electron chi connectivity index (χ1n) is 18.0. The first-order chi connectivity index (χ1) is 27.3. The lowest BCUT2D eigenvalue weighted by molar-refractivity contribution is 0.0975. The summed E-state index contributed by atoms with van der Waals surface area (Å²) in [4.78, 5) is 58.3. The van der Waals surface area contributed by atoms with E-state index in [1.165, 1.54) is 27.5 Å². The van der Waals surface area contributed by atoms with Crippen molar-refractivity contribution in [1.29, 1.82) is 0 Å². The summed E-state index contributed by atoms with van der Waals surface area (Å²) in [5.74, 6) is -1.15. The number of ketones is 4. The number of rotatable bonds is 2. The van der Waals surface area contributed by atoms with Crippen molar-refractivity contribution < 1.29 is 19.2 Å². The lowest BCUT2D eigenvalue weighted by Gasteiger charge is -2.04. The van der Waals surface area contributed by atoms with E-state index in [4.69, 9.17) is 10.2 Å². The number of allylic oxidation sites excluding steroid dienone is 2. The predicted octanol–water partition coefficient (Wildman–Crippen LogP) is 10.9. The molecule has 0 fully saturated rings. The molecular weight excluding hydrogens is 735 g/mol. The van der Waals surface area contributed by atoms with Crippen molar-refractivity contribution in [3.05, 3.63) is 152 Å². The van der Waals surface area contributed by atoms with Gasteiger partial charge in [0.1, 0.15) is 11.0 Å². The van der Waals surface area contributed by atoms with Crippen molar-refractivity contribution in [3.8, 4) is 0 Å². The molecule has 0 saturated heterocycles. The molecule has 7 nitrogen and oxygen atoms in total. The second-order valence-electron chi connectivity index (χ2n) is 14.5. The molecule has 0 bridgehead atoms. The lowest BCUT2D eigenvalue weighted by atomic mass is 9.99. The van der Waals surface area contributed by atoms with Gasteiger partial charge in [-0.2, -0.15) is 15.0 Å². The summed E-state index contributed by atoms with van der Waals surface area (Å²) >= 11 is 2.94. The highest BCUT2D eigenvalue weighted by Gasteiger charge is 2.35. The molecule has 9 heteroatoms. The number of aryl methyl sites for hydroxylation is 1. The van der Waals surface area contributed by atoms with E-state index in [1.54, 1.807) is 19.2 Å². The van der Waals surface area contributed by atoms with Gasteiger partial charge >= 0.3 is 0 Å². The summed E-state index contributed by atoms with van der Waals surface area (Å²) in [6, 6.07) is 35.6. The third-order valence-electron chi connectivity index (χ3n) is 11.1. The van der Waals surface area contributed by atoms with Crippen LogP contribution in [-0.2, 0) is 7.05 Å². The maximum atomic E-state index is 13.8. The Morgan fingerprint density at radius 2 is 0.768 bits per heavy atom. The summed E-state index contributed by atoms with van der Waals surface area (Å²) in [7, 11) is 1.77. The van der Waals surface area contributed by atoms with E-state index in [0.29, 0.717) is 33.3 Å². The largest absolute Gasteiger partial charge is 0.288 e. The molecule has 0 saturated carbocycles. The van der Waals surface area contributed by atoms with Crippen LogP contribution in [0, 0.1) is 0 Å². The van der Waals surface area contributed by atoms with Crippen LogP contribution in [0.25, 0.3) is 86.4 Å². The van der Waals surface area contributed by atoms with Crippen LogP contribution in [0.3, 0.4) is 0 Å². The zero-order valence-electron chi connectivity index (χ0n) is 29.3. The van der Waals surface area contributed by atoms with E-state index >= 15 is 0 Å². The molecule has 12 rings (SSSR count). The standard InChI is InChI=1S/C47H23N3O4S2/c1-50-48-40-36-18-30(20-38-42(51)32-14-26-10-22-6-2-3-7-23(22)11-27(26)15-33(32)43(38)52)55-46(36)47-37(41(40)49-50)19-31(56-47)21-39-44(53)34-16-28-12-24-8-4-5-9-25(24)13-29(28)17-35(34)45(39)54/h2-21H,1H3. The van der Waals surface area contributed by atoms with Gasteiger partial charge in [0.25, 0.3) is 0 Å². The Kier molecular flexibility index (Phi) is 6.21. The van der Waals surface area contributed by atoms with Crippen LogP contribution >= 0.6 is 22.7 Å². The zero-order valence-corrected chi connectivity index (χ0v) is 31.0. The second-order valence-corrected chi connectivity index (χ2v) is 16.7. The average Bonchev–Trinajstić information content (AvgIpc) is 4.01. The van der Waals surface area contributed by atoms with Gasteiger partial charge in [0.15, 0.2) is 23.1 Å². The molecule has 3 heterocycles. The fourth-order valence-electron chi connectivity index (χ4n) is 8.49. The Hall–Kier alpha value is -6.94. The zero-order chi connectivity index (χ0) is 37.6. The molecule has 0 spiro atoms. The maximum absolute atomic E-state index is 13.8. The lowest BCUT2D eigenvalue weighted by Crippen LogP contribution is -1.99. The highest BCUT2D eigenvalue weighted by Crippen LogP contribution is 2.45. The molecule has 10 aromatic rings. The number of benzene rings is 7. The monoisotopic (exact) mass is 757 g/mol. The Morgan fingerprint density at radius 3 is 1.09 bits per heavy atom. The van der Waals surface area contributed by atoms with Crippen LogP contribution < -0.4 is 0 Å². The predicted molar refractivity (Wildman–Crippen MR) is 225 cm³/mol. The Bertz CT molecular complexity index is 3250. The molecule has 0 aliphatic heterocycles. The summed E-state index contributed by atoms with van der Waals surface area (Å²) in [5, 5.41) is 19.0. The van der Waals surface area contributed by atoms with Crippen LogP contribution in [0.5, 0.6) is 0 Å². The third kappa shape index (κ3) is 4.38. The van der Waals surface area contributed by atoms with Crippen LogP contribution in [0.15, 0.2) is 120 Å². The first kappa shape index (κ1) is 31.4. The minimum absolute atomic E-state index is 0.133. The van der Waals surface area contributed by atoms with Crippen molar-refractivity contribution in [2.24, 2.45) is 7.05 Å². The average molecular weight is 758 g/mol. The fourth-order valence-corrected chi connectivity index (χ4v) is 10.9. The molecule has 0 amide bonds. The summed E-state index contributed by atoms with van der Waals surface area (Å²) in [6.45, 7) is 0. The molecule has 3 aromatic heterocycles. The highest BCUT2D eigenvalue weighted by atomic mass is 32.1. The third-order valence-corrected chi connectivity index (χ3v) is 13.5. The van der Waals surface area contributed by atoms with Crippen molar-refractivity contribution in [1.82, 2.24) is 15.0 Å². The number of aromatic nitrogens is 3. The Labute approximate surface area is 324 Å². The molecule has 262 valence electrons. The van der Waals surface area contributed by atoms with E-state index in [0.717, 1.165) is 73.0 Å². The minimum atomic E-state index is -0.287. The normalized spacial score (nSPS) is 14.2. The van der Waals surface area contributed by atoms with E-state index in [1.807, 2.05) is 84.9 Å². The van der Waals surface area contributed by atoms with E-state index in [2.05, 4.69) is 24.3 Å². The first-order valence-corrected chi connectivity index (χ1v) is 19.6. The van der Waals surface area contributed by atoms with Crippen LogP contribution in [0.1, 0.15) is 51.2 Å². The fraction of sp³-hybridized carbons (Fsp3) is 0.0213. The van der Waals surface area contributed by atoms with Gasteiger partial charge in [-0.1, -0.05) is 48.5 Å². The smallest absolute Gasteiger partial charge is 0.197 e. The number of hydrogen-bond donors (Lipinski definition) is 0. The molecule has 2 aliphatic carbocycles. The number of fused-ring (bicyclic) bond motifs is 12. The molecule has 0 N–H and O–H groups in total. The van der Waals surface area contributed by atoms with Crippen LogP contribution in [0.2, 0.25) is 0 Å². The molecule has 2 aliphatic rings. The van der Waals surface area contributed by atoms with Gasteiger partial charge in [0.2, 0.25) is 0 Å². The van der Waals surface area contributed by atoms with E-state index in [-0.39, 0.29) is 34.3 Å². The quantitative estimate of drug-likeness (QED) is 0.0989. The molecular formula is C47H23N3O4S2. The van der Waals surface area contributed by atoms with Gasteiger partial charge in [0.05, 0.1) is 20.5 Å². The van der Waals surface area contributed by atoms with Gasteiger partial charge in [-0.25, -0.2) is 0 Å². The number of Topliss-reactive ketones (excluding diaryl/α,β-unsaturated/α-hetero) is 4. The molecule has 56 heavy (non-hydrogen) atoms. The Morgan fingerprint density at radius 1 is 0.446 bits per heavy atom. The Balaban J connectivity index is 0.961. The van der Waals surface area contributed by atoms with Gasteiger partial charge in [-0.05, 0) is 116 Å². The topological polar surface area (TPSA) is 99.0 Å². The van der Waals surface area contributed by atoms with Crippen LogP contribution in [-0.4, -0.2) is 38.1 Å². The van der Waals surface area contributed by atoms with Gasteiger partial charge in [-0.15, -0.1) is 22.7 Å². The molecule has 0 atom stereocenters. The van der Waals surface area contributed by atoms with Gasteiger partial charge in [-0.3, -0.25) is 19.2 Å². The molecule has 0 radical (unpaired) electrons. The van der Waals surface area contributed by atoms with Gasteiger partial charge in [0, 0.05) is 49.8 Å². The highest BCUT2D eigenvalue weighted by molar-refractivity contribution is 7.28. The summed E-state index contributed by atoms with van der Waals surface area (Å²) in [6.07, 6.45) is 3.39. The number of carbonyl (C=O) groups is 4. The second kappa shape index (κ2) is 11.1. The molecule has 0 unspecified atom stereocenters. The van der Waals surface area contributed by atoms with Crippen molar-refractivity contribution in [3.63, 3.8) is 0 Å². The maximum Gasteiger partial charge on any atom is 0.197 e. The van der Waals surface area contributed by atoms with E-state index < -0.39 is 0 Å². The van der Waals surface area contributed by atoms with Crippen molar-refractivity contribution >= 4 is 132 Å². The number of nitrogens with zero attached hydrogens (tertiary/aromatic N) is 3. The summed E-state index contributed by atoms with van der Waals surface area (Å²) < 4.78 is 1.85.